The molecule has 0 unspecified atom stereocenters. The minimum atomic E-state index is -0.922. The van der Waals surface area contributed by atoms with Crippen molar-refractivity contribution in [2.75, 3.05) is 13.2 Å². The van der Waals surface area contributed by atoms with E-state index in [1.165, 1.54) is 5.56 Å². The third kappa shape index (κ3) is 4.93. The topological polar surface area (TPSA) is 38.8 Å². The highest BCUT2D eigenvalue weighted by atomic mass is 16.7. The second-order valence-corrected chi connectivity index (χ2v) is 9.06. The number of carbonyl (C=O) groups is 1. The maximum atomic E-state index is 12.4. The first kappa shape index (κ1) is 22.0. The van der Waals surface area contributed by atoms with Gasteiger partial charge in [-0.3, -0.25) is 9.69 Å². The number of hydrogen-bond donors (Lipinski definition) is 0. The van der Waals surface area contributed by atoms with Crippen LogP contribution in [0.15, 0.2) is 91.0 Å². The van der Waals surface area contributed by atoms with Gasteiger partial charge in [0.1, 0.15) is 5.78 Å². The van der Waals surface area contributed by atoms with Crippen molar-refractivity contribution in [1.82, 2.24) is 4.90 Å². The minimum Gasteiger partial charge on any atom is -0.342 e. The quantitative estimate of drug-likeness (QED) is 0.519. The van der Waals surface area contributed by atoms with E-state index < -0.39 is 5.79 Å². The van der Waals surface area contributed by atoms with E-state index >= 15 is 0 Å². The van der Waals surface area contributed by atoms with Crippen molar-refractivity contribution in [2.45, 2.75) is 50.2 Å². The lowest BCUT2D eigenvalue weighted by atomic mass is 9.91. The Kier molecular flexibility index (Phi) is 6.68. The van der Waals surface area contributed by atoms with Gasteiger partial charge in [-0.1, -0.05) is 91.0 Å². The summed E-state index contributed by atoms with van der Waals surface area (Å²) in [5.41, 5.74) is 3.29. The fourth-order valence-corrected chi connectivity index (χ4v) is 5.12. The highest BCUT2D eigenvalue weighted by Crippen LogP contribution is 2.41. The Morgan fingerprint density at radius 1 is 0.848 bits per heavy atom. The van der Waals surface area contributed by atoms with Crippen LogP contribution < -0.4 is 0 Å². The Labute approximate surface area is 196 Å². The molecule has 0 amide bonds. The SMILES string of the molecule is O=C1CCN(Cc2ccccc2)[C@H](C[C@H]2CCOC(c3ccccc3)(c3ccccc3)O2)C1. The van der Waals surface area contributed by atoms with E-state index in [0.717, 1.165) is 37.1 Å². The first-order valence-electron chi connectivity index (χ1n) is 12.0. The Balaban J connectivity index is 1.39. The Bertz CT molecular complexity index is 999. The van der Waals surface area contributed by atoms with Crippen LogP contribution >= 0.6 is 0 Å². The molecule has 0 aliphatic carbocycles. The number of ketones is 1. The number of nitrogens with zero attached hydrogens (tertiary/aromatic N) is 1. The summed E-state index contributed by atoms with van der Waals surface area (Å²) in [5, 5.41) is 0. The van der Waals surface area contributed by atoms with Crippen LogP contribution in [0, 0.1) is 0 Å². The van der Waals surface area contributed by atoms with Crippen molar-refractivity contribution in [1.29, 1.82) is 0 Å². The van der Waals surface area contributed by atoms with Gasteiger partial charge in [0.05, 0.1) is 12.7 Å². The second kappa shape index (κ2) is 10.0. The summed E-state index contributed by atoms with van der Waals surface area (Å²) in [4.78, 5) is 14.9. The predicted molar refractivity (Wildman–Crippen MR) is 129 cm³/mol. The molecule has 170 valence electrons. The molecule has 4 heteroatoms. The van der Waals surface area contributed by atoms with Crippen LogP contribution in [-0.4, -0.2) is 36.0 Å². The molecule has 2 fully saturated rings. The molecule has 3 aromatic rings. The molecule has 0 saturated carbocycles. The first-order chi connectivity index (χ1) is 16.2. The van der Waals surface area contributed by atoms with Gasteiger partial charge in [0.2, 0.25) is 5.79 Å². The maximum absolute atomic E-state index is 12.4. The molecular weight excluding hydrogens is 410 g/mol. The van der Waals surface area contributed by atoms with Crippen LogP contribution in [0.4, 0.5) is 0 Å². The van der Waals surface area contributed by atoms with Gasteiger partial charge < -0.3 is 9.47 Å². The summed E-state index contributed by atoms with van der Waals surface area (Å²) in [7, 11) is 0. The zero-order valence-electron chi connectivity index (χ0n) is 18.9. The van der Waals surface area contributed by atoms with Crippen LogP contribution in [0.1, 0.15) is 42.4 Å². The largest absolute Gasteiger partial charge is 0.342 e. The minimum absolute atomic E-state index is 0.00772. The van der Waals surface area contributed by atoms with E-state index in [1.807, 2.05) is 42.5 Å². The van der Waals surface area contributed by atoms with Gasteiger partial charge in [0, 0.05) is 43.1 Å². The first-order valence-corrected chi connectivity index (χ1v) is 12.0. The lowest BCUT2D eigenvalue weighted by Gasteiger charge is -2.44. The summed E-state index contributed by atoms with van der Waals surface area (Å²) in [5.74, 6) is -0.567. The van der Waals surface area contributed by atoms with E-state index in [2.05, 4.69) is 53.4 Å². The Morgan fingerprint density at radius 2 is 1.45 bits per heavy atom. The zero-order valence-corrected chi connectivity index (χ0v) is 18.9. The summed E-state index contributed by atoms with van der Waals surface area (Å²) < 4.78 is 13.2. The van der Waals surface area contributed by atoms with Gasteiger partial charge in [-0.2, -0.15) is 0 Å². The lowest BCUT2D eigenvalue weighted by molar-refractivity contribution is -0.281. The van der Waals surface area contributed by atoms with Gasteiger partial charge in [-0.25, -0.2) is 0 Å². The molecule has 0 aromatic heterocycles. The average molecular weight is 442 g/mol. The highest BCUT2D eigenvalue weighted by molar-refractivity contribution is 5.80. The number of benzene rings is 3. The molecule has 3 aromatic carbocycles. The summed E-state index contributed by atoms with van der Waals surface area (Å²) in [6.07, 6.45) is 2.88. The third-order valence-corrected chi connectivity index (χ3v) is 6.81. The molecule has 2 heterocycles. The molecule has 0 spiro atoms. The summed E-state index contributed by atoms with van der Waals surface area (Å²) >= 11 is 0. The Morgan fingerprint density at radius 3 is 2.09 bits per heavy atom. The number of likely N-dealkylation sites (tertiary alicyclic amines) is 1. The number of hydrogen-bond acceptors (Lipinski definition) is 4. The van der Waals surface area contributed by atoms with E-state index in [1.54, 1.807) is 0 Å². The maximum Gasteiger partial charge on any atom is 0.222 e. The van der Waals surface area contributed by atoms with Crippen LogP contribution in [0.25, 0.3) is 0 Å². The third-order valence-electron chi connectivity index (χ3n) is 6.81. The monoisotopic (exact) mass is 441 g/mol. The number of rotatable bonds is 6. The second-order valence-electron chi connectivity index (χ2n) is 9.06. The molecule has 0 radical (unpaired) electrons. The van der Waals surface area contributed by atoms with Crippen molar-refractivity contribution in [3.8, 4) is 0 Å². The molecule has 4 nitrogen and oxygen atoms in total. The van der Waals surface area contributed by atoms with Crippen molar-refractivity contribution in [3.05, 3.63) is 108 Å². The lowest BCUT2D eigenvalue weighted by Crippen LogP contribution is -2.48. The van der Waals surface area contributed by atoms with Gasteiger partial charge in [0.25, 0.3) is 0 Å². The smallest absolute Gasteiger partial charge is 0.222 e. The number of carbonyl (C=O) groups excluding carboxylic acids is 1. The highest BCUT2D eigenvalue weighted by Gasteiger charge is 2.43. The average Bonchev–Trinajstić information content (AvgIpc) is 2.87. The molecule has 0 N–H and O–H groups in total. The Hall–Kier alpha value is -2.79. The molecule has 2 atom stereocenters. The van der Waals surface area contributed by atoms with E-state index in [-0.39, 0.29) is 12.1 Å². The van der Waals surface area contributed by atoms with E-state index in [4.69, 9.17) is 9.47 Å². The van der Waals surface area contributed by atoms with Crippen molar-refractivity contribution in [3.63, 3.8) is 0 Å². The normalized spacial score (nSPS) is 23.3. The summed E-state index contributed by atoms with van der Waals surface area (Å²) in [6.45, 7) is 2.29. The van der Waals surface area contributed by atoms with Gasteiger partial charge in [0.15, 0.2) is 0 Å². The number of Topliss-reactive ketones (excluding diaryl/α,β-unsaturated/α-hetero) is 1. The molecule has 2 aliphatic heterocycles. The fraction of sp³-hybridized carbons (Fsp3) is 0.345. The van der Waals surface area contributed by atoms with Crippen LogP contribution in [0.3, 0.4) is 0 Å². The van der Waals surface area contributed by atoms with Gasteiger partial charge in [-0.15, -0.1) is 0 Å². The number of piperidine rings is 1. The van der Waals surface area contributed by atoms with E-state index in [9.17, 15) is 4.79 Å². The standard InChI is InChI=1S/C29H31NO3/c31-27-16-18-30(22-23-10-4-1-5-11-23)26(20-27)21-28-17-19-32-29(33-28,24-12-6-2-7-13-24)25-14-8-3-9-15-25/h1-15,26,28H,16-22H2/t26-,28+/m0/s1. The van der Waals surface area contributed by atoms with Crippen molar-refractivity contribution in [2.24, 2.45) is 0 Å². The fourth-order valence-electron chi connectivity index (χ4n) is 5.12. The van der Waals surface area contributed by atoms with Crippen molar-refractivity contribution >= 4 is 5.78 Å². The predicted octanol–water partition coefficient (Wildman–Crippen LogP) is 5.32. The number of ether oxygens (including phenoxy) is 2. The molecule has 33 heavy (non-hydrogen) atoms. The molecule has 2 saturated heterocycles. The van der Waals surface area contributed by atoms with Crippen molar-refractivity contribution < 1.29 is 14.3 Å². The van der Waals surface area contributed by atoms with Crippen LogP contribution in [0.2, 0.25) is 0 Å². The zero-order chi connectivity index (χ0) is 22.5. The van der Waals surface area contributed by atoms with Crippen LogP contribution in [-0.2, 0) is 26.6 Å². The molecule has 2 aliphatic rings. The van der Waals surface area contributed by atoms with Gasteiger partial charge in [-0.05, 0) is 18.4 Å². The molecule has 0 bridgehead atoms. The van der Waals surface area contributed by atoms with Crippen LogP contribution in [0.5, 0.6) is 0 Å². The molecular formula is C29H31NO3. The molecule has 5 rings (SSSR count). The van der Waals surface area contributed by atoms with Gasteiger partial charge >= 0.3 is 0 Å². The van der Waals surface area contributed by atoms with E-state index in [0.29, 0.717) is 25.2 Å². The summed E-state index contributed by atoms with van der Waals surface area (Å²) in [6, 6.07) is 31.1.